The van der Waals surface area contributed by atoms with Crippen molar-refractivity contribution in [3.8, 4) is 5.75 Å². The standard InChI is InChI=1S/C25H40N4O3/c1-5-28-14-7-6-11-23(28)25(31)29-15-12-21(13-16-29)32-22-10-8-9-20(19-22)24(30)27(4)18-17-26(2)3/h8-10,19,21,23H,5-7,11-18H2,1-4H3. The Morgan fingerprint density at radius 3 is 2.47 bits per heavy atom. The van der Waals surface area contributed by atoms with Crippen LogP contribution in [0.5, 0.6) is 5.75 Å². The van der Waals surface area contributed by atoms with Crippen molar-refractivity contribution in [2.24, 2.45) is 0 Å². The number of benzene rings is 1. The molecule has 0 aliphatic carbocycles. The highest BCUT2D eigenvalue weighted by Gasteiger charge is 2.33. The lowest BCUT2D eigenvalue weighted by molar-refractivity contribution is -0.140. The van der Waals surface area contributed by atoms with Crippen LogP contribution in [0.4, 0.5) is 0 Å². The predicted octanol–water partition coefficient (Wildman–Crippen LogP) is 2.56. The highest BCUT2D eigenvalue weighted by atomic mass is 16.5. The molecule has 2 aliphatic rings. The Labute approximate surface area is 193 Å². The van der Waals surface area contributed by atoms with Gasteiger partial charge in [0, 0.05) is 51.6 Å². The number of ether oxygens (including phenoxy) is 1. The third-order valence-corrected chi connectivity index (χ3v) is 6.67. The van der Waals surface area contributed by atoms with Crippen molar-refractivity contribution in [3.63, 3.8) is 0 Å². The molecule has 178 valence electrons. The number of hydrogen-bond acceptors (Lipinski definition) is 5. The third-order valence-electron chi connectivity index (χ3n) is 6.67. The van der Waals surface area contributed by atoms with Crippen molar-refractivity contribution in [3.05, 3.63) is 29.8 Å². The molecule has 32 heavy (non-hydrogen) atoms. The van der Waals surface area contributed by atoms with Crippen LogP contribution < -0.4 is 4.74 Å². The summed E-state index contributed by atoms with van der Waals surface area (Å²) in [4.78, 5) is 33.9. The van der Waals surface area contributed by atoms with E-state index in [2.05, 4.69) is 16.7 Å². The Morgan fingerprint density at radius 2 is 1.78 bits per heavy atom. The van der Waals surface area contributed by atoms with E-state index < -0.39 is 0 Å². The van der Waals surface area contributed by atoms with Crippen LogP contribution in [0.3, 0.4) is 0 Å². The van der Waals surface area contributed by atoms with Gasteiger partial charge in [0.05, 0.1) is 6.04 Å². The Balaban J connectivity index is 1.51. The van der Waals surface area contributed by atoms with E-state index >= 15 is 0 Å². The fourth-order valence-corrected chi connectivity index (χ4v) is 4.62. The van der Waals surface area contributed by atoms with Gasteiger partial charge in [-0.05, 0) is 58.2 Å². The molecule has 1 aromatic rings. The number of amides is 2. The molecule has 2 aliphatic heterocycles. The first-order valence-corrected chi connectivity index (χ1v) is 12.1. The number of rotatable bonds is 8. The van der Waals surface area contributed by atoms with Crippen molar-refractivity contribution < 1.29 is 14.3 Å². The van der Waals surface area contributed by atoms with E-state index in [1.807, 2.05) is 50.3 Å². The summed E-state index contributed by atoms with van der Waals surface area (Å²) in [5.74, 6) is 1.02. The summed E-state index contributed by atoms with van der Waals surface area (Å²) in [7, 11) is 5.83. The number of likely N-dealkylation sites (tertiary alicyclic amines) is 2. The summed E-state index contributed by atoms with van der Waals surface area (Å²) in [5.41, 5.74) is 0.647. The monoisotopic (exact) mass is 444 g/mol. The molecule has 2 saturated heterocycles. The molecule has 0 saturated carbocycles. The zero-order chi connectivity index (χ0) is 23.1. The fourth-order valence-electron chi connectivity index (χ4n) is 4.62. The van der Waals surface area contributed by atoms with Crippen LogP contribution in [-0.4, -0.2) is 104 Å². The molecular formula is C25H40N4O3. The molecule has 7 heteroatoms. The Morgan fingerprint density at radius 1 is 1.03 bits per heavy atom. The summed E-state index contributed by atoms with van der Waals surface area (Å²) >= 11 is 0. The molecule has 2 fully saturated rings. The molecule has 1 aromatic carbocycles. The molecule has 3 rings (SSSR count). The van der Waals surface area contributed by atoms with Crippen molar-refractivity contribution >= 4 is 11.8 Å². The van der Waals surface area contributed by atoms with Crippen LogP contribution in [0, 0.1) is 0 Å². The Hall–Kier alpha value is -2.12. The SMILES string of the molecule is CCN1CCCCC1C(=O)N1CCC(Oc2cccc(C(=O)N(C)CCN(C)C)c2)CC1. The lowest BCUT2D eigenvalue weighted by Crippen LogP contribution is -2.53. The van der Waals surface area contributed by atoms with Gasteiger partial charge in [-0.1, -0.05) is 19.4 Å². The van der Waals surface area contributed by atoms with E-state index in [0.29, 0.717) is 18.0 Å². The molecular weight excluding hydrogens is 404 g/mol. The maximum atomic E-state index is 13.1. The summed E-state index contributed by atoms with van der Waals surface area (Å²) in [6.07, 6.45) is 5.04. The average molecular weight is 445 g/mol. The van der Waals surface area contributed by atoms with E-state index in [1.165, 1.54) is 6.42 Å². The first kappa shape index (κ1) is 24.5. The van der Waals surface area contributed by atoms with Gasteiger partial charge in [-0.25, -0.2) is 0 Å². The summed E-state index contributed by atoms with van der Waals surface area (Å²) in [5, 5.41) is 0. The number of piperidine rings is 2. The van der Waals surface area contributed by atoms with Crippen LogP contribution in [-0.2, 0) is 4.79 Å². The first-order valence-electron chi connectivity index (χ1n) is 12.1. The maximum Gasteiger partial charge on any atom is 0.253 e. The Kier molecular flexibility index (Phi) is 8.93. The Bertz CT molecular complexity index is 761. The second kappa shape index (κ2) is 11.7. The lowest BCUT2D eigenvalue weighted by atomic mass is 9.99. The van der Waals surface area contributed by atoms with Gasteiger partial charge in [-0.15, -0.1) is 0 Å². The molecule has 1 unspecified atom stereocenters. The largest absolute Gasteiger partial charge is 0.490 e. The highest BCUT2D eigenvalue weighted by Crippen LogP contribution is 2.24. The molecule has 2 heterocycles. The van der Waals surface area contributed by atoms with Gasteiger partial charge in [-0.3, -0.25) is 14.5 Å². The zero-order valence-electron chi connectivity index (χ0n) is 20.3. The number of likely N-dealkylation sites (N-methyl/N-ethyl adjacent to an activating group) is 3. The normalized spacial score (nSPS) is 20.4. The van der Waals surface area contributed by atoms with Gasteiger partial charge in [0.1, 0.15) is 11.9 Å². The summed E-state index contributed by atoms with van der Waals surface area (Å²) in [6, 6.07) is 7.52. The van der Waals surface area contributed by atoms with Gasteiger partial charge in [0.2, 0.25) is 5.91 Å². The van der Waals surface area contributed by atoms with Gasteiger partial charge < -0.3 is 19.4 Å². The minimum absolute atomic E-state index is 0.00526. The van der Waals surface area contributed by atoms with Crippen LogP contribution in [0.2, 0.25) is 0 Å². The smallest absolute Gasteiger partial charge is 0.253 e. The minimum atomic E-state index is 0.00526. The van der Waals surface area contributed by atoms with Gasteiger partial charge >= 0.3 is 0 Å². The van der Waals surface area contributed by atoms with Crippen molar-refractivity contribution in [2.75, 3.05) is 60.4 Å². The second-order valence-electron chi connectivity index (χ2n) is 9.34. The van der Waals surface area contributed by atoms with Crippen molar-refractivity contribution in [1.29, 1.82) is 0 Å². The molecule has 0 aromatic heterocycles. The maximum absolute atomic E-state index is 13.1. The second-order valence-corrected chi connectivity index (χ2v) is 9.34. The predicted molar refractivity (Wildman–Crippen MR) is 127 cm³/mol. The number of carbonyl (C=O) groups excluding carboxylic acids is 2. The molecule has 1 atom stereocenters. The molecule has 0 bridgehead atoms. The number of hydrogen-bond donors (Lipinski definition) is 0. The topological polar surface area (TPSA) is 56.3 Å². The van der Waals surface area contributed by atoms with E-state index in [1.54, 1.807) is 4.90 Å². The fraction of sp³-hybridized carbons (Fsp3) is 0.680. The number of carbonyl (C=O) groups is 2. The van der Waals surface area contributed by atoms with Crippen molar-refractivity contribution in [2.45, 2.75) is 51.2 Å². The van der Waals surface area contributed by atoms with Gasteiger partial charge in [0.25, 0.3) is 5.91 Å². The average Bonchev–Trinajstić information content (AvgIpc) is 2.82. The minimum Gasteiger partial charge on any atom is -0.490 e. The molecule has 0 radical (unpaired) electrons. The zero-order valence-corrected chi connectivity index (χ0v) is 20.3. The van der Waals surface area contributed by atoms with E-state index in [9.17, 15) is 9.59 Å². The lowest BCUT2D eigenvalue weighted by Gasteiger charge is -2.39. The molecule has 0 N–H and O–H groups in total. The van der Waals surface area contributed by atoms with E-state index in [-0.39, 0.29) is 18.1 Å². The van der Waals surface area contributed by atoms with Gasteiger partial charge in [-0.2, -0.15) is 0 Å². The van der Waals surface area contributed by atoms with Crippen LogP contribution >= 0.6 is 0 Å². The first-order chi connectivity index (χ1) is 15.4. The van der Waals surface area contributed by atoms with Crippen LogP contribution in [0.15, 0.2) is 24.3 Å². The molecule has 2 amide bonds. The third kappa shape index (κ3) is 6.45. The highest BCUT2D eigenvalue weighted by molar-refractivity contribution is 5.94. The van der Waals surface area contributed by atoms with Crippen LogP contribution in [0.1, 0.15) is 49.4 Å². The number of nitrogens with zero attached hydrogens (tertiary/aromatic N) is 4. The van der Waals surface area contributed by atoms with Crippen molar-refractivity contribution in [1.82, 2.24) is 19.6 Å². The van der Waals surface area contributed by atoms with Gasteiger partial charge in [0.15, 0.2) is 0 Å². The van der Waals surface area contributed by atoms with E-state index in [0.717, 1.165) is 64.2 Å². The van der Waals surface area contributed by atoms with E-state index in [4.69, 9.17) is 4.74 Å². The van der Waals surface area contributed by atoms with Crippen LogP contribution in [0.25, 0.3) is 0 Å². The summed E-state index contributed by atoms with van der Waals surface area (Å²) < 4.78 is 6.21. The summed E-state index contributed by atoms with van der Waals surface area (Å²) in [6.45, 7) is 7.10. The molecule has 0 spiro atoms. The quantitative estimate of drug-likeness (QED) is 0.617. The molecule has 7 nitrogen and oxygen atoms in total.